The van der Waals surface area contributed by atoms with E-state index in [1.54, 1.807) is 13.8 Å². The van der Waals surface area contributed by atoms with E-state index in [4.69, 9.17) is 16.2 Å². The zero-order valence-electron chi connectivity index (χ0n) is 35.4. The van der Waals surface area contributed by atoms with Crippen LogP contribution in [0.15, 0.2) is 11.8 Å². The molecule has 1 aliphatic rings. The van der Waals surface area contributed by atoms with Gasteiger partial charge in [-0.3, -0.25) is 47.7 Å². The number of unbranched alkanes of at least 4 members (excludes halogenated alkanes) is 1. The lowest BCUT2D eigenvalue weighted by Gasteiger charge is -2.29. The van der Waals surface area contributed by atoms with Crippen LogP contribution in [0.25, 0.3) is 0 Å². The zero-order valence-corrected chi connectivity index (χ0v) is 36.2. The standard InChI is InChI=1S/C35H61N11O15S/c1-7-19-28(50)44-26(17(2)3)33(55)42-22(14-47)30(52)40-20(10-8-9-11-36)35(57)46(6)13-25(49)61-18(4)27(45-32(54)24(38-5)16-62(58,59)60)34(56)43-23(15-48)31(53)41-21(12-37)29(51)39-19/h7,17-18,20-24,26-27,38,47-48H,8-16,36-37H2,1-6H3,(H,39,51)(H,40,52)(H,41,53)(H,42,55)(H,43,56)(H,44,50)(H,45,54)(H,58,59,60)/b19-7-. The molecule has 62 heavy (non-hydrogen) atoms. The highest BCUT2D eigenvalue weighted by atomic mass is 32.2. The number of aliphatic hydroxyl groups is 2. The highest BCUT2D eigenvalue weighted by Crippen LogP contribution is 2.10. The molecule has 0 aromatic rings. The average molecular weight is 908 g/mol. The summed E-state index contributed by atoms with van der Waals surface area (Å²) in [5.41, 5.74) is 10.9. The van der Waals surface area contributed by atoms with E-state index >= 15 is 0 Å². The van der Waals surface area contributed by atoms with Gasteiger partial charge in [-0.1, -0.05) is 19.9 Å². The Morgan fingerprint density at radius 1 is 0.871 bits per heavy atom. The van der Waals surface area contributed by atoms with E-state index in [0.717, 1.165) is 24.9 Å². The molecule has 8 unspecified atom stereocenters. The second kappa shape index (κ2) is 26.2. The number of aliphatic hydroxyl groups excluding tert-OH is 2. The highest BCUT2D eigenvalue weighted by molar-refractivity contribution is 7.85. The number of esters is 1. The highest BCUT2D eigenvalue weighted by Gasteiger charge is 2.37. The summed E-state index contributed by atoms with van der Waals surface area (Å²) in [4.78, 5) is 121. The van der Waals surface area contributed by atoms with Crippen LogP contribution in [0.3, 0.4) is 0 Å². The molecule has 352 valence electrons. The molecule has 27 heteroatoms. The van der Waals surface area contributed by atoms with Gasteiger partial charge in [-0.15, -0.1) is 0 Å². The molecule has 8 atom stereocenters. The summed E-state index contributed by atoms with van der Waals surface area (Å²) in [6.45, 7) is 2.27. The molecular weight excluding hydrogens is 847 g/mol. The number of amides is 8. The second-order valence-corrected chi connectivity index (χ2v) is 16.0. The van der Waals surface area contributed by atoms with Crippen molar-refractivity contribution in [3.63, 3.8) is 0 Å². The van der Waals surface area contributed by atoms with Gasteiger partial charge < -0.3 is 73.9 Å². The number of carbonyl (C=O) groups is 9. The monoisotopic (exact) mass is 907 g/mol. The summed E-state index contributed by atoms with van der Waals surface area (Å²) >= 11 is 0. The van der Waals surface area contributed by atoms with Gasteiger partial charge in [-0.25, -0.2) is 0 Å². The van der Waals surface area contributed by atoms with Crippen LogP contribution in [0.1, 0.15) is 47.0 Å². The number of likely N-dealkylation sites (N-methyl/N-ethyl adjacent to an activating group) is 2. The third kappa shape index (κ3) is 17.6. The molecule has 0 spiro atoms. The molecule has 0 radical (unpaired) electrons. The Labute approximate surface area is 358 Å². The largest absolute Gasteiger partial charge is 0.459 e. The maximum absolute atomic E-state index is 13.7. The first-order chi connectivity index (χ1) is 29.0. The topological polar surface area (TPSA) is 409 Å². The van der Waals surface area contributed by atoms with Crippen LogP contribution in [0.4, 0.5) is 0 Å². The van der Waals surface area contributed by atoms with Crippen molar-refractivity contribution in [2.75, 3.05) is 52.7 Å². The SMILES string of the molecule is C/C=C1\NC(=O)C(CN)NC(=O)C(CO)NC(=O)C(NC(=O)C(CS(=O)(=O)O)NC)C(C)OC(=O)CN(C)C(=O)C(CCCCN)NC(=O)C(CO)NC(=O)C(C(C)C)NC1=O. The van der Waals surface area contributed by atoms with E-state index in [9.17, 15) is 66.3 Å². The van der Waals surface area contributed by atoms with E-state index < -0.39 is 155 Å². The fourth-order valence-electron chi connectivity index (χ4n) is 5.67. The van der Waals surface area contributed by atoms with Gasteiger partial charge in [0.15, 0.2) is 0 Å². The van der Waals surface area contributed by atoms with E-state index in [0.29, 0.717) is 12.8 Å². The number of nitrogens with one attached hydrogen (secondary N) is 8. The normalized spacial score (nSPS) is 26.2. The Morgan fingerprint density at radius 3 is 1.90 bits per heavy atom. The van der Waals surface area contributed by atoms with Gasteiger partial charge in [-0.2, -0.15) is 8.42 Å². The first-order valence-electron chi connectivity index (χ1n) is 19.5. The van der Waals surface area contributed by atoms with Gasteiger partial charge in [0.2, 0.25) is 41.4 Å². The summed E-state index contributed by atoms with van der Waals surface area (Å²) in [7, 11) is -2.44. The molecule has 0 aliphatic carbocycles. The van der Waals surface area contributed by atoms with Gasteiger partial charge in [0.05, 0.1) is 19.0 Å². The fraction of sp³-hybridized carbons (Fsp3) is 0.686. The Bertz CT molecular complexity index is 1760. The number of ether oxygens (including phenoxy) is 1. The number of rotatable bonds is 13. The van der Waals surface area contributed by atoms with Gasteiger partial charge >= 0.3 is 5.97 Å². The minimum absolute atomic E-state index is 0.0265. The molecular formula is C35H61N11O15S. The molecule has 1 saturated heterocycles. The molecule has 0 aromatic heterocycles. The lowest BCUT2D eigenvalue weighted by molar-refractivity contribution is -0.156. The number of hydrogen-bond acceptors (Lipinski definition) is 17. The number of allylic oxidation sites excluding steroid dienone is 1. The number of nitrogens with zero attached hydrogens (tertiary/aromatic N) is 1. The molecule has 0 aromatic carbocycles. The van der Waals surface area contributed by atoms with Crippen LogP contribution in [0.2, 0.25) is 0 Å². The van der Waals surface area contributed by atoms with Gasteiger partial charge in [0.25, 0.3) is 16.0 Å². The molecule has 1 aliphatic heterocycles. The van der Waals surface area contributed by atoms with Gasteiger partial charge in [0.1, 0.15) is 60.6 Å². The van der Waals surface area contributed by atoms with Crippen LogP contribution >= 0.6 is 0 Å². The van der Waals surface area contributed by atoms with Crippen molar-refractivity contribution in [1.82, 2.24) is 47.4 Å². The molecule has 1 fully saturated rings. The predicted molar refractivity (Wildman–Crippen MR) is 217 cm³/mol. The Hall–Kier alpha value is -5.32. The smallest absolute Gasteiger partial charge is 0.325 e. The van der Waals surface area contributed by atoms with Gasteiger partial charge in [0, 0.05) is 13.6 Å². The van der Waals surface area contributed by atoms with Crippen molar-refractivity contribution in [2.45, 2.75) is 95.4 Å². The van der Waals surface area contributed by atoms with E-state index in [1.165, 1.54) is 14.0 Å². The Morgan fingerprint density at radius 2 is 1.42 bits per heavy atom. The molecule has 1 rings (SSSR count). The molecule has 15 N–H and O–H groups in total. The van der Waals surface area contributed by atoms with E-state index in [2.05, 4.69) is 42.5 Å². The summed E-state index contributed by atoms with van der Waals surface area (Å²) in [6.07, 6.45) is 0.159. The predicted octanol–water partition coefficient (Wildman–Crippen LogP) is -7.48. The average Bonchev–Trinajstić information content (AvgIpc) is 3.20. The number of carbonyl (C=O) groups excluding carboxylic acids is 9. The minimum Gasteiger partial charge on any atom is -0.459 e. The zero-order chi connectivity index (χ0) is 47.5. The van der Waals surface area contributed by atoms with Crippen molar-refractivity contribution >= 4 is 63.3 Å². The summed E-state index contributed by atoms with van der Waals surface area (Å²) in [5.74, 6) is -11.6. The summed E-state index contributed by atoms with van der Waals surface area (Å²) in [6, 6.07) is -11.5. The van der Waals surface area contributed by atoms with Crippen molar-refractivity contribution in [2.24, 2.45) is 17.4 Å². The first-order valence-corrected chi connectivity index (χ1v) is 21.1. The summed E-state index contributed by atoms with van der Waals surface area (Å²) in [5, 5.41) is 38.5. The van der Waals surface area contributed by atoms with Crippen molar-refractivity contribution < 1.29 is 71.1 Å². The fourth-order valence-corrected chi connectivity index (χ4v) is 6.41. The third-order valence-corrected chi connectivity index (χ3v) is 9.99. The maximum Gasteiger partial charge on any atom is 0.325 e. The van der Waals surface area contributed by atoms with Crippen molar-refractivity contribution in [1.29, 1.82) is 0 Å². The Kier molecular flexibility index (Phi) is 23.1. The maximum atomic E-state index is 13.7. The number of hydrogen-bond donors (Lipinski definition) is 13. The van der Waals surface area contributed by atoms with Crippen LogP contribution in [0.5, 0.6) is 0 Å². The van der Waals surface area contributed by atoms with Crippen molar-refractivity contribution in [3.05, 3.63) is 11.8 Å². The molecule has 26 nitrogen and oxygen atoms in total. The van der Waals surface area contributed by atoms with E-state index in [1.807, 2.05) is 0 Å². The quantitative estimate of drug-likeness (QED) is 0.0353. The summed E-state index contributed by atoms with van der Waals surface area (Å²) < 4.78 is 37.8. The Balaban J connectivity index is 3.80. The molecule has 0 bridgehead atoms. The number of cyclic esters (lactones) is 1. The van der Waals surface area contributed by atoms with Crippen LogP contribution in [-0.2, 0) is 58.0 Å². The first kappa shape index (κ1) is 54.7. The molecule has 0 saturated carbocycles. The van der Waals surface area contributed by atoms with Crippen LogP contribution < -0.4 is 54.0 Å². The van der Waals surface area contributed by atoms with Crippen molar-refractivity contribution in [3.8, 4) is 0 Å². The lowest BCUT2D eigenvalue weighted by atomic mass is 10.0. The van der Waals surface area contributed by atoms with Gasteiger partial charge in [-0.05, 0) is 52.6 Å². The molecule has 1 heterocycles. The number of nitrogens with two attached hydrogens (primary N) is 2. The van der Waals surface area contributed by atoms with E-state index in [-0.39, 0.29) is 13.0 Å². The lowest BCUT2D eigenvalue weighted by Crippen LogP contribution is -2.62. The molecule has 8 amide bonds. The second-order valence-electron chi connectivity index (χ2n) is 14.5. The van der Waals surface area contributed by atoms with Crippen LogP contribution in [0, 0.1) is 5.92 Å². The third-order valence-electron chi connectivity index (χ3n) is 9.24. The minimum atomic E-state index is -4.77. The van der Waals surface area contributed by atoms with Crippen LogP contribution in [-0.4, -0.2) is 182 Å².